The number of rotatable bonds is 5. The molecule has 3 N–H and O–H groups in total. The molecule has 0 spiro atoms. The molecule has 158 valence electrons. The maximum absolute atomic E-state index is 11.3. The second-order valence-corrected chi connectivity index (χ2v) is 8.51. The molecule has 0 saturated heterocycles. The lowest BCUT2D eigenvalue weighted by atomic mass is 10.1. The SMILES string of the molecule is O=C(O)c1ccc(NC(c2ccc(O)cc2)N2c3ccccc3Sc3ccccc32)cc1. The average Bonchev–Trinajstić information content (AvgIpc) is 2.82. The van der Waals surface area contributed by atoms with Gasteiger partial charge in [-0.15, -0.1) is 0 Å². The van der Waals surface area contributed by atoms with E-state index in [4.69, 9.17) is 0 Å². The van der Waals surface area contributed by atoms with Crippen molar-refractivity contribution in [3.8, 4) is 5.75 Å². The molecule has 0 aliphatic carbocycles. The van der Waals surface area contributed by atoms with Gasteiger partial charge in [-0.3, -0.25) is 0 Å². The van der Waals surface area contributed by atoms with Crippen LogP contribution in [0.2, 0.25) is 0 Å². The molecule has 0 saturated carbocycles. The number of benzene rings is 4. The number of aromatic hydroxyl groups is 1. The number of carboxylic acids is 1. The van der Waals surface area contributed by atoms with Gasteiger partial charge in [-0.1, -0.05) is 48.2 Å². The zero-order valence-corrected chi connectivity index (χ0v) is 17.8. The second kappa shape index (κ2) is 8.32. The van der Waals surface area contributed by atoms with Crippen LogP contribution in [0.25, 0.3) is 0 Å². The van der Waals surface area contributed by atoms with Crippen molar-refractivity contribution in [3.05, 3.63) is 108 Å². The zero-order chi connectivity index (χ0) is 22.1. The minimum atomic E-state index is -0.956. The van der Waals surface area contributed by atoms with Gasteiger partial charge in [-0.2, -0.15) is 0 Å². The van der Waals surface area contributed by atoms with Crippen LogP contribution in [0.15, 0.2) is 107 Å². The Bertz CT molecular complexity index is 1230. The molecule has 5 rings (SSSR count). The molecular weight excluding hydrogens is 420 g/mol. The van der Waals surface area contributed by atoms with Crippen molar-refractivity contribution in [2.45, 2.75) is 16.0 Å². The third-order valence-corrected chi connectivity index (χ3v) is 6.50. The molecule has 4 aromatic carbocycles. The van der Waals surface area contributed by atoms with Gasteiger partial charge in [-0.25, -0.2) is 4.79 Å². The predicted molar refractivity (Wildman–Crippen MR) is 127 cm³/mol. The number of hydrogen-bond acceptors (Lipinski definition) is 5. The molecule has 1 aliphatic heterocycles. The molecule has 0 fully saturated rings. The Balaban J connectivity index is 1.64. The fourth-order valence-corrected chi connectivity index (χ4v) is 4.90. The molecule has 6 heteroatoms. The third-order valence-electron chi connectivity index (χ3n) is 5.37. The number of phenolic OH excluding ortho intramolecular Hbond substituents is 1. The Morgan fingerprint density at radius 3 is 1.91 bits per heavy atom. The standard InChI is InChI=1S/C26H20N2O3S/c29-20-15-11-17(12-16-20)25(27-19-13-9-18(10-14-19)26(30)31)28-21-5-1-3-7-23(21)32-24-8-4-2-6-22(24)28/h1-16,25,27,29H,(H,30,31). The summed E-state index contributed by atoms with van der Waals surface area (Å²) < 4.78 is 0. The maximum atomic E-state index is 11.3. The summed E-state index contributed by atoms with van der Waals surface area (Å²) in [6.45, 7) is 0. The second-order valence-electron chi connectivity index (χ2n) is 7.43. The first kappa shape index (κ1) is 20.0. The summed E-state index contributed by atoms with van der Waals surface area (Å²) in [7, 11) is 0. The smallest absolute Gasteiger partial charge is 0.335 e. The number of nitrogens with one attached hydrogen (secondary N) is 1. The van der Waals surface area contributed by atoms with Gasteiger partial charge < -0.3 is 20.4 Å². The fraction of sp³-hybridized carbons (Fsp3) is 0.0385. The van der Waals surface area contributed by atoms with Gasteiger partial charge >= 0.3 is 5.97 Å². The minimum absolute atomic E-state index is 0.202. The molecule has 1 heterocycles. The number of anilines is 3. The van der Waals surface area contributed by atoms with Crippen LogP contribution in [-0.2, 0) is 0 Å². The first-order valence-electron chi connectivity index (χ1n) is 10.1. The van der Waals surface area contributed by atoms with E-state index in [1.54, 1.807) is 48.2 Å². The van der Waals surface area contributed by atoms with Gasteiger partial charge in [0, 0.05) is 15.5 Å². The molecule has 0 amide bonds. The number of carboxylic acid groups (broad SMARTS) is 1. The highest BCUT2D eigenvalue weighted by Crippen LogP contribution is 2.51. The highest BCUT2D eigenvalue weighted by molar-refractivity contribution is 7.99. The molecule has 0 aromatic heterocycles. The number of hydrogen-bond donors (Lipinski definition) is 3. The van der Waals surface area contributed by atoms with Crippen LogP contribution >= 0.6 is 11.8 Å². The van der Waals surface area contributed by atoms with E-state index >= 15 is 0 Å². The van der Waals surface area contributed by atoms with Crippen molar-refractivity contribution >= 4 is 34.8 Å². The maximum Gasteiger partial charge on any atom is 0.335 e. The summed E-state index contributed by atoms with van der Waals surface area (Å²) in [6.07, 6.45) is -0.297. The van der Waals surface area contributed by atoms with Crippen molar-refractivity contribution in [1.29, 1.82) is 0 Å². The number of carbonyl (C=O) groups is 1. The van der Waals surface area contributed by atoms with Gasteiger partial charge in [0.25, 0.3) is 0 Å². The van der Waals surface area contributed by atoms with E-state index in [0.717, 1.165) is 32.4 Å². The Kier molecular flexibility index (Phi) is 5.21. The summed E-state index contributed by atoms with van der Waals surface area (Å²) in [4.78, 5) is 15.8. The van der Waals surface area contributed by atoms with Crippen molar-refractivity contribution < 1.29 is 15.0 Å². The van der Waals surface area contributed by atoms with Crippen LogP contribution < -0.4 is 10.2 Å². The van der Waals surface area contributed by atoms with Crippen LogP contribution in [0.3, 0.4) is 0 Å². The zero-order valence-electron chi connectivity index (χ0n) is 17.0. The topological polar surface area (TPSA) is 72.8 Å². The summed E-state index contributed by atoms with van der Waals surface area (Å²) in [5.74, 6) is -0.754. The van der Waals surface area contributed by atoms with E-state index in [1.165, 1.54) is 0 Å². The molecule has 1 unspecified atom stereocenters. The Morgan fingerprint density at radius 2 is 1.34 bits per heavy atom. The van der Waals surface area contributed by atoms with Crippen LogP contribution in [0.4, 0.5) is 17.1 Å². The van der Waals surface area contributed by atoms with Gasteiger partial charge in [0.2, 0.25) is 0 Å². The lowest BCUT2D eigenvalue weighted by Gasteiger charge is -2.39. The molecule has 32 heavy (non-hydrogen) atoms. The quantitative estimate of drug-likeness (QED) is 0.329. The van der Waals surface area contributed by atoms with Crippen molar-refractivity contribution in [3.63, 3.8) is 0 Å². The van der Waals surface area contributed by atoms with Crippen molar-refractivity contribution in [2.24, 2.45) is 0 Å². The van der Waals surface area contributed by atoms with Gasteiger partial charge in [0.15, 0.2) is 0 Å². The van der Waals surface area contributed by atoms with E-state index in [2.05, 4.69) is 34.5 Å². The van der Waals surface area contributed by atoms with Gasteiger partial charge in [0.05, 0.1) is 16.9 Å². The number of para-hydroxylation sites is 2. The average molecular weight is 441 g/mol. The molecule has 1 aliphatic rings. The van der Waals surface area contributed by atoms with E-state index < -0.39 is 5.97 Å². The molecule has 5 nitrogen and oxygen atoms in total. The lowest BCUT2D eigenvalue weighted by molar-refractivity contribution is 0.0697. The van der Waals surface area contributed by atoms with Gasteiger partial charge in [0.1, 0.15) is 11.9 Å². The normalized spacial score (nSPS) is 13.1. The first-order valence-corrected chi connectivity index (χ1v) is 11.0. The van der Waals surface area contributed by atoms with E-state index in [1.807, 2.05) is 36.4 Å². The fourth-order valence-electron chi connectivity index (χ4n) is 3.83. The molecule has 4 aromatic rings. The molecule has 1 atom stereocenters. The summed E-state index contributed by atoms with van der Waals surface area (Å²) in [6, 6.07) is 30.4. The molecular formula is C26H20N2O3S. The van der Waals surface area contributed by atoms with Gasteiger partial charge in [-0.05, 0) is 66.2 Å². The summed E-state index contributed by atoms with van der Waals surface area (Å²) in [5.41, 5.74) is 4.14. The highest BCUT2D eigenvalue weighted by Gasteiger charge is 2.30. The summed E-state index contributed by atoms with van der Waals surface area (Å²) >= 11 is 1.74. The van der Waals surface area contributed by atoms with Crippen molar-refractivity contribution in [1.82, 2.24) is 0 Å². The highest BCUT2D eigenvalue weighted by atomic mass is 32.2. The Morgan fingerprint density at radius 1 is 0.781 bits per heavy atom. The van der Waals surface area contributed by atoms with Crippen LogP contribution in [0.5, 0.6) is 5.75 Å². The van der Waals surface area contributed by atoms with E-state index in [9.17, 15) is 15.0 Å². The number of nitrogens with zero attached hydrogens (tertiary/aromatic N) is 1. The third kappa shape index (κ3) is 3.76. The Labute approximate surface area is 190 Å². The van der Waals surface area contributed by atoms with E-state index in [-0.39, 0.29) is 17.5 Å². The van der Waals surface area contributed by atoms with Crippen molar-refractivity contribution in [2.75, 3.05) is 10.2 Å². The predicted octanol–water partition coefficient (Wildman–Crippen LogP) is 6.50. The Hall–Kier alpha value is -3.90. The lowest BCUT2D eigenvalue weighted by Crippen LogP contribution is -2.32. The monoisotopic (exact) mass is 440 g/mol. The van der Waals surface area contributed by atoms with E-state index in [0.29, 0.717) is 0 Å². The van der Waals surface area contributed by atoms with Crippen LogP contribution in [0, 0.1) is 0 Å². The largest absolute Gasteiger partial charge is 0.508 e. The molecule has 0 radical (unpaired) electrons. The minimum Gasteiger partial charge on any atom is -0.508 e. The summed E-state index contributed by atoms with van der Waals surface area (Å²) in [5, 5.41) is 22.6. The number of aromatic carboxylic acids is 1. The van der Waals surface area contributed by atoms with Crippen LogP contribution in [0.1, 0.15) is 22.1 Å². The number of fused-ring (bicyclic) bond motifs is 2. The first-order chi connectivity index (χ1) is 15.6. The number of phenols is 1. The van der Waals surface area contributed by atoms with Crippen LogP contribution in [-0.4, -0.2) is 16.2 Å². The molecule has 0 bridgehead atoms.